The van der Waals surface area contributed by atoms with Crippen LogP contribution in [0.3, 0.4) is 0 Å². The van der Waals surface area contributed by atoms with Gasteiger partial charge in [-0.05, 0) is 49.2 Å². The van der Waals surface area contributed by atoms with Gasteiger partial charge in [0.2, 0.25) is 15.9 Å². The lowest BCUT2D eigenvalue weighted by Gasteiger charge is -2.23. The molecule has 1 amide bonds. The third-order valence-electron chi connectivity index (χ3n) is 4.57. The van der Waals surface area contributed by atoms with Crippen molar-refractivity contribution in [1.82, 2.24) is 0 Å². The second kappa shape index (κ2) is 9.00. The van der Waals surface area contributed by atoms with Gasteiger partial charge in [0.05, 0.1) is 27.0 Å². The number of nitrogens with zero attached hydrogens (tertiary/aromatic N) is 2. The fraction of sp³-hybridized carbons (Fsp3) is 0.316. The predicted molar refractivity (Wildman–Crippen MR) is 120 cm³/mol. The number of carbonyl (C=O) groups excluding carboxylic acids is 1. The summed E-state index contributed by atoms with van der Waals surface area (Å²) < 4.78 is 25.4. The molecule has 1 aliphatic heterocycles. The van der Waals surface area contributed by atoms with Gasteiger partial charge in [0.25, 0.3) is 0 Å². The second-order valence-corrected chi connectivity index (χ2v) is 9.90. The molecule has 6 nitrogen and oxygen atoms in total. The summed E-state index contributed by atoms with van der Waals surface area (Å²) in [6.07, 6.45) is 3.35. The summed E-state index contributed by atoms with van der Waals surface area (Å²) in [5, 5.41) is 3.12. The molecule has 0 unspecified atom stereocenters. The predicted octanol–water partition coefficient (Wildman–Crippen LogP) is 4.65. The second-order valence-electron chi connectivity index (χ2n) is 6.78. The van der Waals surface area contributed by atoms with Crippen LogP contribution >= 0.6 is 34.8 Å². The fourth-order valence-corrected chi connectivity index (χ4v) is 4.70. The Hall–Kier alpha value is -1.67. The molecule has 156 valence electrons. The number of hydrogen-bond acceptors (Lipinski definition) is 4. The van der Waals surface area contributed by atoms with E-state index in [-0.39, 0.29) is 20.8 Å². The summed E-state index contributed by atoms with van der Waals surface area (Å²) in [5.41, 5.74) is 1.76. The summed E-state index contributed by atoms with van der Waals surface area (Å²) in [4.78, 5) is 14.8. The Balaban J connectivity index is 1.75. The van der Waals surface area contributed by atoms with Gasteiger partial charge in [-0.15, -0.1) is 0 Å². The topological polar surface area (TPSA) is 69.7 Å². The number of halogens is 3. The Morgan fingerprint density at radius 2 is 1.62 bits per heavy atom. The van der Waals surface area contributed by atoms with Crippen molar-refractivity contribution < 1.29 is 13.2 Å². The van der Waals surface area contributed by atoms with Crippen molar-refractivity contribution in [3.05, 3.63) is 51.5 Å². The molecule has 1 saturated heterocycles. The van der Waals surface area contributed by atoms with Gasteiger partial charge in [-0.1, -0.05) is 34.8 Å². The van der Waals surface area contributed by atoms with Crippen molar-refractivity contribution in [2.24, 2.45) is 0 Å². The number of anilines is 3. The molecule has 0 spiro atoms. The van der Waals surface area contributed by atoms with Gasteiger partial charge in [-0.2, -0.15) is 0 Å². The third kappa shape index (κ3) is 5.48. The lowest BCUT2D eigenvalue weighted by Crippen LogP contribution is -2.37. The first-order valence-corrected chi connectivity index (χ1v) is 11.9. The van der Waals surface area contributed by atoms with Crippen molar-refractivity contribution in [3.63, 3.8) is 0 Å². The highest BCUT2D eigenvalue weighted by Gasteiger charge is 2.24. The summed E-state index contributed by atoms with van der Waals surface area (Å²) in [7, 11) is -3.80. The van der Waals surface area contributed by atoms with Gasteiger partial charge in [0.15, 0.2) is 0 Å². The van der Waals surface area contributed by atoms with Crippen LogP contribution in [0.4, 0.5) is 17.1 Å². The van der Waals surface area contributed by atoms with Gasteiger partial charge in [-0.25, -0.2) is 8.42 Å². The lowest BCUT2D eigenvalue weighted by molar-refractivity contribution is -0.114. The Morgan fingerprint density at radius 1 is 1.03 bits per heavy atom. The number of sulfonamides is 1. The van der Waals surface area contributed by atoms with Crippen LogP contribution in [0.2, 0.25) is 15.1 Å². The van der Waals surface area contributed by atoms with Crippen LogP contribution in [0.15, 0.2) is 36.4 Å². The Bertz CT molecular complexity index is 1010. The zero-order valence-electron chi connectivity index (χ0n) is 15.7. The van der Waals surface area contributed by atoms with Crippen LogP contribution in [-0.2, 0) is 14.8 Å². The van der Waals surface area contributed by atoms with E-state index < -0.39 is 22.5 Å². The normalized spacial score (nSPS) is 14.1. The van der Waals surface area contributed by atoms with Gasteiger partial charge in [0.1, 0.15) is 6.54 Å². The average molecular weight is 477 g/mol. The maximum absolute atomic E-state index is 12.5. The minimum Gasteiger partial charge on any atom is -0.372 e. The van der Waals surface area contributed by atoms with E-state index in [2.05, 4.69) is 10.2 Å². The minimum atomic E-state index is -3.80. The number of nitrogens with one attached hydrogen (secondary N) is 1. The molecule has 1 N–H and O–H groups in total. The first kappa shape index (κ1) is 22.0. The van der Waals surface area contributed by atoms with Crippen LogP contribution in [0.25, 0.3) is 0 Å². The first-order valence-electron chi connectivity index (χ1n) is 8.92. The first-order chi connectivity index (χ1) is 13.6. The maximum Gasteiger partial charge on any atom is 0.245 e. The summed E-state index contributed by atoms with van der Waals surface area (Å²) in [6, 6.07) is 10.1. The van der Waals surface area contributed by atoms with Crippen LogP contribution in [0.1, 0.15) is 12.8 Å². The molecule has 3 rings (SSSR count). The van der Waals surface area contributed by atoms with E-state index >= 15 is 0 Å². The lowest BCUT2D eigenvalue weighted by atomic mass is 10.2. The Morgan fingerprint density at radius 3 is 2.21 bits per heavy atom. The number of carbonyl (C=O) groups is 1. The van der Waals surface area contributed by atoms with E-state index in [0.717, 1.165) is 29.3 Å². The van der Waals surface area contributed by atoms with E-state index in [9.17, 15) is 13.2 Å². The molecule has 0 aliphatic carbocycles. The van der Waals surface area contributed by atoms with Gasteiger partial charge in [-0.3, -0.25) is 9.10 Å². The number of benzene rings is 2. The molecule has 1 heterocycles. The molecular weight excluding hydrogens is 457 g/mol. The molecule has 2 aromatic rings. The molecule has 0 aromatic heterocycles. The van der Waals surface area contributed by atoms with Crippen molar-refractivity contribution >= 4 is 67.8 Å². The van der Waals surface area contributed by atoms with Gasteiger partial charge >= 0.3 is 0 Å². The van der Waals surface area contributed by atoms with Crippen LogP contribution in [0, 0.1) is 0 Å². The molecule has 29 heavy (non-hydrogen) atoms. The number of amides is 1. The average Bonchev–Trinajstić information content (AvgIpc) is 3.17. The SMILES string of the molecule is CS(=O)(=O)N(CC(=O)Nc1ccc(N2CCCC2)cc1)c1cc(Cl)c(Cl)cc1Cl. The van der Waals surface area contributed by atoms with E-state index in [1.807, 2.05) is 12.1 Å². The Labute approximate surface area is 185 Å². The molecule has 0 atom stereocenters. The molecule has 0 bridgehead atoms. The monoisotopic (exact) mass is 475 g/mol. The van der Waals surface area contributed by atoms with E-state index in [1.54, 1.807) is 12.1 Å². The van der Waals surface area contributed by atoms with E-state index in [0.29, 0.717) is 5.69 Å². The molecule has 0 saturated carbocycles. The molecular formula is C19H20Cl3N3O3S. The van der Waals surface area contributed by atoms with E-state index in [4.69, 9.17) is 34.8 Å². The zero-order valence-corrected chi connectivity index (χ0v) is 18.7. The minimum absolute atomic E-state index is 0.0765. The summed E-state index contributed by atoms with van der Waals surface area (Å²) in [6.45, 7) is 1.60. The molecule has 2 aromatic carbocycles. The quantitative estimate of drug-likeness (QED) is 0.616. The van der Waals surface area contributed by atoms with Crippen molar-refractivity contribution in [1.29, 1.82) is 0 Å². The van der Waals surface area contributed by atoms with Gasteiger partial charge in [0, 0.05) is 24.5 Å². The van der Waals surface area contributed by atoms with Crippen LogP contribution < -0.4 is 14.5 Å². The molecule has 10 heteroatoms. The van der Waals surface area contributed by atoms with Crippen molar-refractivity contribution in [3.8, 4) is 0 Å². The maximum atomic E-state index is 12.5. The summed E-state index contributed by atoms with van der Waals surface area (Å²) in [5.74, 6) is -0.508. The zero-order chi connectivity index (χ0) is 21.2. The smallest absolute Gasteiger partial charge is 0.245 e. The van der Waals surface area contributed by atoms with Crippen LogP contribution in [0.5, 0.6) is 0 Å². The highest BCUT2D eigenvalue weighted by molar-refractivity contribution is 7.92. The standard InChI is InChI=1S/C19H20Cl3N3O3S/c1-29(27,28)25(18-11-16(21)15(20)10-17(18)22)12-19(26)23-13-4-6-14(7-5-13)24-8-2-3-9-24/h4-7,10-11H,2-3,8-9,12H2,1H3,(H,23,26). The third-order valence-corrected chi connectivity index (χ3v) is 6.72. The summed E-state index contributed by atoms with van der Waals surface area (Å²) >= 11 is 18.0. The van der Waals surface area contributed by atoms with E-state index in [1.165, 1.54) is 25.0 Å². The van der Waals surface area contributed by atoms with Crippen LogP contribution in [-0.4, -0.2) is 40.2 Å². The molecule has 0 radical (unpaired) electrons. The highest BCUT2D eigenvalue weighted by atomic mass is 35.5. The van der Waals surface area contributed by atoms with Crippen molar-refractivity contribution in [2.75, 3.05) is 40.4 Å². The number of hydrogen-bond donors (Lipinski definition) is 1. The molecule has 1 fully saturated rings. The fourth-order valence-electron chi connectivity index (χ4n) is 3.15. The van der Waals surface area contributed by atoms with Gasteiger partial charge < -0.3 is 10.2 Å². The molecule has 1 aliphatic rings. The van der Waals surface area contributed by atoms with Crippen molar-refractivity contribution in [2.45, 2.75) is 12.8 Å². The number of rotatable bonds is 6. The largest absolute Gasteiger partial charge is 0.372 e. The highest BCUT2D eigenvalue weighted by Crippen LogP contribution is 2.35. The Kier molecular flexibility index (Phi) is 6.83.